The van der Waals surface area contributed by atoms with E-state index >= 15 is 0 Å². The van der Waals surface area contributed by atoms with E-state index in [1.165, 1.54) is 0 Å². The molecule has 5 nitrogen and oxygen atoms in total. The molecule has 0 amide bonds. The van der Waals surface area contributed by atoms with E-state index in [1.807, 2.05) is 13.0 Å². The first kappa shape index (κ1) is 19.1. The standard InChI is InChI=1S/C22H26O5/c1-5-6-16-11-19-21(27-12-26-19)22(25-4)20(16)14(3)10-18(24)15-7-8-17(23)13(2)9-15/h7-9,11,14,23H,5-6,10,12H2,1-4H3. The lowest BCUT2D eigenvalue weighted by molar-refractivity contribution is 0.0975. The number of methoxy groups -OCH3 is 1. The predicted octanol–water partition coefficient (Wildman–Crippen LogP) is 4.77. The van der Waals surface area contributed by atoms with Crippen molar-refractivity contribution in [3.63, 3.8) is 0 Å². The zero-order valence-electron chi connectivity index (χ0n) is 16.3. The van der Waals surface area contributed by atoms with Crippen LogP contribution in [0.1, 0.15) is 59.7 Å². The topological polar surface area (TPSA) is 65.0 Å². The van der Waals surface area contributed by atoms with Gasteiger partial charge in [-0.15, -0.1) is 0 Å². The number of rotatable bonds is 7. The van der Waals surface area contributed by atoms with Gasteiger partial charge in [0.25, 0.3) is 0 Å². The van der Waals surface area contributed by atoms with Crippen molar-refractivity contribution in [2.24, 2.45) is 0 Å². The number of Topliss-reactive ketones (excluding diaryl/α,β-unsaturated/α-hetero) is 1. The number of phenols is 1. The molecule has 1 aliphatic heterocycles. The summed E-state index contributed by atoms with van der Waals surface area (Å²) in [4.78, 5) is 12.8. The Morgan fingerprint density at radius 1 is 1.30 bits per heavy atom. The molecule has 5 heteroatoms. The van der Waals surface area contributed by atoms with Crippen LogP contribution in [0.4, 0.5) is 0 Å². The first-order valence-electron chi connectivity index (χ1n) is 9.28. The monoisotopic (exact) mass is 370 g/mol. The smallest absolute Gasteiger partial charge is 0.231 e. The molecule has 0 saturated carbocycles. The summed E-state index contributed by atoms with van der Waals surface area (Å²) in [5.74, 6) is 2.17. The maximum absolute atomic E-state index is 12.8. The minimum absolute atomic E-state index is 0.0350. The molecule has 1 atom stereocenters. The number of aryl methyl sites for hydroxylation is 2. The summed E-state index contributed by atoms with van der Waals surface area (Å²) >= 11 is 0. The number of ether oxygens (including phenoxy) is 3. The van der Waals surface area contributed by atoms with Crippen LogP contribution >= 0.6 is 0 Å². The summed E-state index contributed by atoms with van der Waals surface area (Å²) in [5.41, 5.74) is 3.43. The fraction of sp³-hybridized carbons (Fsp3) is 0.409. The number of carbonyl (C=O) groups is 1. The molecule has 1 heterocycles. The lowest BCUT2D eigenvalue weighted by Crippen LogP contribution is -2.09. The van der Waals surface area contributed by atoms with Crippen molar-refractivity contribution >= 4 is 5.78 Å². The second-order valence-corrected chi connectivity index (χ2v) is 7.00. The van der Waals surface area contributed by atoms with Gasteiger partial charge in [-0.05, 0) is 54.7 Å². The van der Waals surface area contributed by atoms with Crippen LogP contribution in [0.2, 0.25) is 0 Å². The Kier molecular flexibility index (Phi) is 5.59. The van der Waals surface area contributed by atoms with Crippen molar-refractivity contribution in [2.45, 2.75) is 46.0 Å². The largest absolute Gasteiger partial charge is 0.508 e. The predicted molar refractivity (Wildman–Crippen MR) is 103 cm³/mol. The highest BCUT2D eigenvalue weighted by Gasteiger charge is 2.28. The number of hydrogen-bond donors (Lipinski definition) is 1. The third kappa shape index (κ3) is 3.72. The van der Waals surface area contributed by atoms with Crippen LogP contribution in [0.15, 0.2) is 24.3 Å². The van der Waals surface area contributed by atoms with E-state index in [-0.39, 0.29) is 24.2 Å². The Morgan fingerprint density at radius 3 is 2.74 bits per heavy atom. The fourth-order valence-electron chi connectivity index (χ4n) is 3.62. The van der Waals surface area contributed by atoms with Crippen LogP contribution in [-0.4, -0.2) is 24.8 Å². The van der Waals surface area contributed by atoms with Crippen molar-refractivity contribution < 1.29 is 24.1 Å². The summed E-state index contributed by atoms with van der Waals surface area (Å²) in [6.45, 7) is 6.12. The molecule has 0 spiro atoms. The average molecular weight is 370 g/mol. The Bertz CT molecular complexity index is 856. The van der Waals surface area contributed by atoms with E-state index in [1.54, 1.807) is 32.2 Å². The lowest BCUT2D eigenvalue weighted by Gasteiger charge is -2.21. The normalized spacial score (nSPS) is 13.5. The van der Waals surface area contributed by atoms with Gasteiger partial charge in [-0.2, -0.15) is 0 Å². The van der Waals surface area contributed by atoms with E-state index < -0.39 is 0 Å². The molecule has 0 fully saturated rings. The maximum atomic E-state index is 12.8. The summed E-state index contributed by atoms with van der Waals surface area (Å²) < 4.78 is 16.8. The van der Waals surface area contributed by atoms with Gasteiger partial charge in [-0.3, -0.25) is 4.79 Å². The number of benzene rings is 2. The van der Waals surface area contributed by atoms with E-state index in [2.05, 4.69) is 6.92 Å². The molecule has 0 saturated heterocycles. The van der Waals surface area contributed by atoms with Crippen LogP contribution in [0.25, 0.3) is 0 Å². The van der Waals surface area contributed by atoms with Crippen LogP contribution in [0.3, 0.4) is 0 Å². The second kappa shape index (κ2) is 7.91. The van der Waals surface area contributed by atoms with Crippen LogP contribution in [-0.2, 0) is 6.42 Å². The van der Waals surface area contributed by atoms with Gasteiger partial charge in [0.2, 0.25) is 12.5 Å². The van der Waals surface area contributed by atoms with E-state index in [4.69, 9.17) is 14.2 Å². The van der Waals surface area contributed by atoms with E-state index in [0.29, 0.717) is 34.8 Å². The minimum Gasteiger partial charge on any atom is -0.508 e. The van der Waals surface area contributed by atoms with Crippen LogP contribution in [0, 0.1) is 6.92 Å². The van der Waals surface area contributed by atoms with Crippen molar-refractivity contribution in [1.29, 1.82) is 0 Å². The van der Waals surface area contributed by atoms with E-state index in [9.17, 15) is 9.90 Å². The van der Waals surface area contributed by atoms with Gasteiger partial charge in [-0.25, -0.2) is 0 Å². The quantitative estimate of drug-likeness (QED) is 0.712. The molecule has 1 unspecified atom stereocenters. The Hall–Kier alpha value is -2.69. The summed E-state index contributed by atoms with van der Waals surface area (Å²) in [5, 5.41) is 9.69. The molecule has 1 N–H and O–H groups in total. The van der Waals surface area contributed by atoms with Crippen molar-refractivity contribution in [3.8, 4) is 23.0 Å². The van der Waals surface area contributed by atoms with Gasteiger partial charge in [0.1, 0.15) is 5.75 Å². The van der Waals surface area contributed by atoms with Crippen molar-refractivity contribution in [2.75, 3.05) is 13.9 Å². The SMILES string of the molecule is CCCc1cc2c(c(OC)c1C(C)CC(=O)c1ccc(O)c(C)c1)OCO2. The van der Waals surface area contributed by atoms with Gasteiger partial charge in [0.05, 0.1) is 7.11 Å². The zero-order valence-corrected chi connectivity index (χ0v) is 16.3. The lowest BCUT2D eigenvalue weighted by atomic mass is 9.87. The Labute approximate surface area is 159 Å². The highest BCUT2D eigenvalue weighted by atomic mass is 16.7. The fourth-order valence-corrected chi connectivity index (χ4v) is 3.62. The van der Waals surface area contributed by atoms with Crippen LogP contribution < -0.4 is 14.2 Å². The van der Waals surface area contributed by atoms with Crippen molar-refractivity contribution in [1.82, 2.24) is 0 Å². The Morgan fingerprint density at radius 2 is 2.07 bits per heavy atom. The molecular formula is C22H26O5. The van der Waals surface area contributed by atoms with Crippen LogP contribution in [0.5, 0.6) is 23.0 Å². The molecule has 0 aromatic heterocycles. The number of aromatic hydroxyl groups is 1. The summed E-state index contributed by atoms with van der Waals surface area (Å²) in [7, 11) is 1.62. The van der Waals surface area contributed by atoms with Gasteiger partial charge in [-0.1, -0.05) is 20.3 Å². The molecule has 2 aromatic rings. The molecule has 0 bridgehead atoms. The molecule has 144 valence electrons. The van der Waals surface area contributed by atoms with Gasteiger partial charge < -0.3 is 19.3 Å². The Balaban J connectivity index is 1.94. The highest BCUT2D eigenvalue weighted by Crippen LogP contribution is 2.48. The molecule has 0 radical (unpaired) electrons. The zero-order chi connectivity index (χ0) is 19.6. The van der Waals surface area contributed by atoms with Gasteiger partial charge in [0.15, 0.2) is 17.3 Å². The number of ketones is 1. The second-order valence-electron chi connectivity index (χ2n) is 7.00. The summed E-state index contributed by atoms with van der Waals surface area (Å²) in [6, 6.07) is 6.97. The third-order valence-corrected chi connectivity index (χ3v) is 4.97. The molecule has 0 aliphatic carbocycles. The maximum Gasteiger partial charge on any atom is 0.231 e. The third-order valence-electron chi connectivity index (χ3n) is 4.97. The first-order valence-corrected chi connectivity index (χ1v) is 9.28. The number of hydrogen-bond acceptors (Lipinski definition) is 5. The number of fused-ring (bicyclic) bond motifs is 1. The van der Waals surface area contributed by atoms with Crippen molar-refractivity contribution in [3.05, 3.63) is 46.5 Å². The van der Waals surface area contributed by atoms with E-state index in [0.717, 1.165) is 24.0 Å². The molecule has 1 aliphatic rings. The number of phenolic OH excluding ortho intramolecular Hbond substituents is 1. The van der Waals surface area contributed by atoms with Gasteiger partial charge in [0, 0.05) is 17.5 Å². The minimum atomic E-state index is -0.0439. The average Bonchev–Trinajstić information content (AvgIpc) is 3.11. The molecule has 2 aromatic carbocycles. The first-order chi connectivity index (χ1) is 13.0. The molecule has 3 rings (SSSR count). The highest BCUT2D eigenvalue weighted by molar-refractivity contribution is 5.97. The van der Waals surface area contributed by atoms with Gasteiger partial charge >= 0.3 is 0 Å². The molecule has 27 heavy (non-hydrogen) atoms. The molecular weight excluding hydrogens is 344 g/mol. The number of carbonyl (C=O) groups excluding carboxylic acids is 1. The summed E-state index contributed by atoms with van der Waals surface area (Å²) in [6.07, 6.45) is 2.20.